The number of benzene rings is 2. The van der Waals surface area contributed by atoms with Crippen LogP contribution in [0, 0.1) is 14.9 Å². The van der Waals surface area contributed by atoms with Gasteiger partial charge in [-0.15, -0.1) is 0 Å². The summed E-state index contributed by atoms with van der Waals surface area (Å²) in [5, 5.41) is 22.9. The van der Waals surface area contributed by atoms with E-state index >= 15 is 0 Å². The van der Waals surface area contributed by atoms with Crippen molar-refractivity contribution in [2.45, 2.75) is 48.6 Å². The number of halogens is 2. The quantitative estimate of drug-likeness (QED) is 0.136. The Hall–Kier alpha value is -1.26. The molecule has 0 spiro atoms. The molecule has 1 unspecified atom stereocenters. The standard InChI is InChI=1S/C26H31I2N2O3Si/c1-26(2,27-3)34(4,5)33-21-15-22-24(31)23(19-9-7-6-8-10-19)25(32)30(22,17-21)28-20-13-11-18(16-29)12-14-20/h6-14,21-22,31H,15,17H2,1-5H3/q-2/p-1/t21-,22+,30?/m0/s1. The van der Waals surface area contributed by atoms with E-state index in [0.717, 1.165) is 9.13 Å². The topological polar surface area (TPSA) is 73.2 Å². The Kier molecular flexibility index (Phi) is 7.33. The molecule has 5 nitrogen and oxygen atoms in total. The molecule has 0 bridgehead atoms. The first kappa shape index (κ1) is 25.8. The summed E-state index contributed by atoms with van der Waals surface area (Å²) in [6.07, 6.45) is 0.524. The van der Waals surface area contributed by atoms with Crippen molar-refractivity contribution in [3.63, 3.8) is 0 Å². The van der Waals surface area contributed by atoms with Gasteiger partial charge in [-0.05, 0) is 0 Å². The van der Waals surface area contributed by atoms with Crippen molar-refractivity contribution < 1.29 is 59.7 Å². The average molecular weight is 700 g/mol. The van der Waals surface area contributed by atoms with E-state index < -0.39 is 29.8 Å². The maximum absolute atomic E-state index is 14.1. The van der Waals surface area contributed by atoms with Gasteiger partial charge >= 0.3 is 226 Å². The van der Waals surface area contributed by atoms with Crippen molar-refractivity contribution >= 4 is 19.8 Å². The van der Waals surface area contributed by atoms with Crippen molar-refractivity contribution in [1.29, 1.82) is 5.26 Å². The van der Waals surface area contributed by atoms with Crippen molar-refractivity contribution in [3.05, 3.63) is 75.1 Å². The van der Waals surface area contributed by atoms with Crippen molar-refractivity contribution in [3.8, 4) is 6.07 Å². The molecule has 4 rings (SSSR count). The van der Waals surface area contributed by atoms with Crippen LogP contribution < -0.4 is 47.8 Å². The SMILES string of the molecule is C[I-]C(C)(C)[Si-](C)(C)O[C@H]1C[C@@H]2C([O-])=C(c3ccccc3)C(=O)[N+]2([I-]c2ccc(C#N)cc2)C1. The summed E-state index contributed by atoms with van der Waals surface area (Å²) in [6.45, 7) is 9.76. The van der Waals surface area contributed by atoms with E-state index in [-0.39, 0.29) is 50.8 Å². The number of carbonyl (C=O) groups excluding carboxylic acids is 1. The number of hydrogen-bond acceptors (Lipinski definition) is 4. The number of hydrogen-bond donors (Lipinski definition) is 0. The van der Waals surface area contributed by atoms with Crippen LogP contribution in [0.5, 0.6) is 0 Å². The molecule has 2 aliphatic rings. The van der Waals surface area contributed by atoms with Crippen molar-refractivity contribution in [1.82, 2.24) is 0 Å². The Labute approximate surface area is 224 Å². The molecule has 1 fully saturated rings. The monoisotopic (exact) mass is 700 g/mol. The van der Waals surface area contributed by atoms with Crippen LogP contribution in [-0.4, -0.2) is 43.6 Å². The molecule has 3 atom stereocenters. The number of rotatable bonds is 7. The summed E-state index contributed by atoms with van der Waals surface area (Å²) < 4.78 is 8.31. The van der Waals surface area contributed by atoms with Crippen LogP contribution in [0.2, 0.25) is 13.1 Å². The molecule has 1 saturated heterocycles. The number of fused-ring (bicyclic) bond motifs is 1. The van der Waals surface area contributed by atoms with Crippen LogP contribution in [0.3, 0.4) is 0 Å². The van der Waals surface area contributed by atoms with Crippen LogP contribution in [0.4, 0.5) is 0 Å². The third kappa shape index (κ3) is 4.50. The predicted molar refractivity (Wildman–Crippen MR) is 124 cm³/mol. The van der Waals surface area contributed by atoms with E-state index in [9.17, 15) is 15.2 Å². The minimum atomic E-state index is -2.02. The van der Waals surface area contributed by atoms with Crippen molar-refractivity contribution in [2.24, 2.45) is 0 Å². The summed E-state index contributed by atoms with van der Waals surface area (Å²) in [5.74, 6) is -0.0802. The molecular formula is C26H30I2N2O3Si-3. The van der Waals surface area contributed by atoms with Gasteiger partial charge < -0.3 is 0 Å². The first-order valence-corrected chi connectivity index (χ1v) is 19.5. The molecule has 8 heteroatoms. The molecule has 2 heterocycles. The Balaban J connectivity index is 1.72. The molecule has 2 aromatic carbocycles. The minimum absolute atomic E-state index is 0.00381. The zero-order chi connectivity index (χ0) is 24.7. The number of amides is 1. The van der Waals surface area contributed by atoms with Crippen LogP contribution in [0.25, 0.3) is 5.57 Å². The molecule has 0 aliphatic carbocycles. The second-order valence-electron chi connectivity index (χ2n) is 9.73. The third-order valence-electron chi connectivity index (χ3n) is 7.20. The summed E-state index contributed by atoms with van der Waals surface area (Å²) >= 11 is -0.873. The van der Waals surface area contributed by atoms with Crippen LogP contribution >= 0.6 is 0 Å². The first-order chi connectivity index (χ1) is 16.0. The fourth-order valence-corrected chi connectivity index (χ4v) is 14.1. The van der Waals surface area contributed by atoms with E-state index in [1.54, 1.807) is 12.1 Å². The summed E-state index contributed by atoms with van der Waals surface area (Å²) in [5.41, 5.74) is 1.68. The molecule has 1 amide bonds. The van der Waals surface area contributed by atoms with E-state index in [0.29, 0.717) is 24.1 Å². The first-order valence-electron chi connectivity index (χ1n) is 11.3. The van der Waals surface area contributed by atoms with E-state index in [2.05, 4.69) is 37.9 Å². The Morgan fingerprint density at radius 2 is 1.79 bits per heavy atom. The predicted octanol–water partition coefficient (Wildman–Crippen LogP) is -2.74. The summed E-state index contributed by atoms with van der Waals surface area (Å²) in [4.78, 5) is 16.4. The zero-order valence-corrected chi connectivity index (χ0v) is 25.5. The number of quaternary nitrogens is 1. The Morgan fingerprint density at radius 3 is 2.38 bits per heavy atom. The van der Waals surface area contributed by atoms with Gasteiger partial charge in [-0.25, -0.2) is 0 Å². The van der Waals surface area contributed by atoms with Gasteiger partial charge in [-0.3, -0.25) is 0 Å². The molecule has 0 radical (unpaired) electrons. The van der Waals surface area contributed by atoms with E-state index in [1.807, 2.05) is 42.5 Å². The van der Waals surface area contributed by atoms with E-state index in [1.165, 1.54) is 0 Å². The number of alkyl halides is 2. The summed E-state index contributed by atoms with van der Waals surface area (Å²) in [6, 6.07) is 18.7. The number of carbonyl (C=O) groups is 1. The van der Waals surface area contributed by atoms with Crippen molar-refractivity contribution in [2.75, 3.05) is 11.5 Å². The van der Waals surface area contributed by atoms with Crippen LogP contribution in [-0.2, 0) is 9.22 Å². The Morgan fingerprint density at radius 1 is 1.15 bits per heavy atom. The van der Waals surface area contributed by atoms with Gasteiger partial charge in [0.25, 0.3) is 0 Å². The third-order valence-corrected chi connectivity index (χ3v) is 22.5. The Bertz CT molecular complexity index is 1160. The molecule has 2 aromatic rings. The van der Waals surface area contributed by atoms with E-state index in [4.69, 9.17) is 4.43 Å². The maximum atomic E-state index is 14.1. The average Bonchev–Trinajstić information content (AvgIpc) is 3.26. The number of nitriles is 1. The van der Waals surface area contributed by atoms with Crippen LogP contribution in [0.1, 0.15) is 31.4 Å². The fourth-order valence-electron chi connectivity index (χ4n) is 4.52. The van der Waals surface area contributed by atoms with Gasteiger partial charge in [0.05, 0.1) is 0 Å². The van der Waals surface area contributed by atoms with Gasteiger partial charge in [-0.2, -0.15) is 0 Å². The molecule has 0 N–H and O–H groups in total. The molecule has 0 saturated carbocycles. The normalized spacial score (nSPS) is 25.1. The number of nitrogens with zero attached hydrogens (tertiary/aromatic N) is 2. The summed E-state index contributed by atoms with van der Waals surface area (Å²) in [7, 11) is -2.02. The van der Waals surface area contributed by atoms with Gasteiger partial charge in [0.15, 0.2) is 0 Å². The second kappa shape index (κ2) is 9.65. The van der Waals surface area contributed by atoms with Crippen LogP contribution in [0.15, 0.2) is 60.4 Å². The van der Waals surface area contributed by atoms with Gasteiger partial charge in [0.1, 0.15) is 0 Å². The molecule has 0 aromatic heterocycles. The van der Waals surface area contributed by atoms with Gasteiger partial charge in [0, 0.05) is 0 Å². The van der Waals surface area contributed by atoms with Gasteiger partial charge in [-0.1, -0.05) is 0 Å². The zero-order valence-electron chi connectivity index (χ0n) is 20.1. The second-order valence-corrected chi connectivity index (χ2v) is 22.5. The van der Waals surface area contributed by atoms with Gasteiger partial charge in [0.2, 0.25) is 0 Å². The molecular weight excluding hydrogens is 670 g/mol. The molecule has 34 heavy (non-hydrogen) atoms. The fraction of sp³-hybridized carbons (Fsp3) is 0.385. The molecule has 183 valence electrons. The molecule has 2 aliphatic heterocycles.